The van der Waals surface area contributed by atoms with Gasteiger partial charge in [0.05, 0.1) is 12.7 Å². The van der Waals surface area contributed by atoms with Crippen LogP contribution in [0.15, 0.2) is 12.1 Å². The number of rotatable bonds is 2. The van der Waals surface area contributed by atoms with Crippen LogP contribution in [-0.4, -0.2) is 18.3 Å². The second kappa shape index (κ2) is 4.90. The minimum absolute atomic E-state index is 0.241. The third-order valence-electron chi connectivity index (χ3n) is 4.10. The molecule has 0 bridgehead atoms. The molecule has 1 fully saturated rings. The second-order valence-corrected chi connectivity index (χ2v) is 5.51. The zero-order valence-electron chi connectivity index (χ0n) is 11.5. The number of nitrogens with two attached hydrogens (primary N) is 1. The van der Waals surface area contributed by atoms with E-state index in [0.29, 0.717) is 0 Å². The molecule has 1 aliphatic carbocycles. The van der Waals surface area contributed by atoms with Crippen LogP contribution in [0.1, 0.15) is 42.4 Å². The molecule has 0 spiro atoms. The lowest BCUT2D eigenvalue weighted by Gasteiger charge is -2.36. The molecule has 0 atom stereocenters. The van der Waals surface area contributed by atoms with E-state index in [1.807, 2.05) is 19.9 Å². The van der Waals surface area contributed by atoms with Gasteiger partial charge in [-0.15, -0.1) is 0 Å². The SMILES string of the molecule is COc1cc(C)c(C2(O)CCC(N)CC2)cc1C. The van der Waals surface area contributed by atoms with Crippen molar-refractivity contribution in [2.24, 2.45) is 5.73 Å². The fourth-order valence-corrected chi connectivity index (χ4v) is 2.90. The minimum Gasteiger partial charge on any atom is -0.496 e. The standard InChI is InChI=1S/C15H23NO2/c1-10-9-14(18-3)11(2)8-13(10)15(17)6-4-12(16)5-7-15/h8-9,12,17H,4-7,16H2,1-3H3. The number of hydrogen-bond acceptors (Lipinski definition) is 3. The van der Waals surface area contributed by atoms with E-state index in [1.165, 1.54) is 0 Å². The molecule has 0 unspecified atom stereocenters. The summed E-state index contributed by atoms with van der Waals surface area (Å²) in [5.41, 5.74) is 8.40. The molecule has 0 aromatic heterocycles. The van der Waals surface area contributed by atoms with Gasteiger partial charge in [0.1, 0.15) is 5.75 Å². The van der Waals surface area contributed by atoms with Crippen LogP contribution in [0.5, 0.6) is 5.75 Å². The molecule has 0 saturated heterocycles. The molecule has 1 aromatic rings. The van der Waals surface area contributed by atoms with Gasteiger partial charge in [-0.3, -0.25) is 0 Å². The van der Waals surface area contributed by atoms with E-state index < -0.39 is 5.60 Å². The highest BCUT2D eigenvalue weighted by Gasteiger charge is 2.35. The van der Waals surface area contributed by atoms with Crippen molar-refractivity contribution >= 4 is 0 Å². The van der Waals surface area contributed by atoms with Gasteiger partial charge in [-0.1, -0.05) is 0 Å². The first-order valence-corrected chi connectivity index (χ1v) is 6.60. The van der Waals surface area contributed by atoms with Crippen molar-refractivity contribution in [1.82, 2.24) is 0 Å². The third kappa shape index (κ3) is 2.38. The van der Waals surface area contributed by atoms with Gasteiger partial charge in [-0.25, -0.2) is 0 Å². The molecule has 100 valence electrons. The van der Waals surface area contributed by atoms with Crippen LogP contribution in [0.3, 0.4) is 0 Å². The summed E-state index contributed by atoms with van der Waals surface area (Å²) in [6, 6.07) is 4.31. The van der Waals surface area contributed by atoms with E-state index in [2.05, 4.69) is 6.07 Å². The second-order valence-electron chi connectivity index (χ2n) is 5.51. The summed E-state index contributed by atoms with van der Waals surface area (Å²) in [7, 11) is 1.68. The van der Waals surface area contributed by atoms with Crippen LogP contribution in [0.2, 0.25) is 0 Å². The molecule has 3 nitrogen and oxygen atoms in total. The minimum atomic E-state index is -0.711. The lowest BCUT2D eigenvalue weighted by molar-refractivity contribution is -0.00558. The number of benzene rings is 1. The first-order chi connectivity index (χ1) is 8.46. The number of hydrogen-bond donors (Lipinski definition) is 2. The van der Waals surface area contributed by atoms with Crippen LogP contribution < -0.4 is 10.5 Å². The third-order valence-corrected chi connectivity index (χ3v) is 4.10. The first kappa shape index (κ1) is 13.4. The van der Waals surface area contributed by atoms with Crippen molar-refractivity contribution in [2.45, 2.75) is 51.2 Å². The normalized spacial score (nSPS) is 28.2. The van der Waals surface area contributed by atoms with Crippen molar-refractivity contribution in [2.75, 3.05) is 7.11 Å². The fourth-order valence-electron chi connectivity index (χ4n) is 2.90. The van der Waals surface area contributed by atoms with Gasteiger partial charge in [0, 0.05) is 6.04 Å². The Kier molecular flexibility index (Phi) is 3.64. The Labute approximate surface area is 109 Å². The molecule has 18 heavy (non-hydrogen) atoms. The van der Waals surface area contributed by atoms with E-state index in [4.69, 9.17) is 10.5 Å². The summed E-state index contributed by atoms with van der Waals surface area (Å²) < 4.78 is 5.32. The van der Waals surface area contributed by atoms with Gasteiger partial charge >= 0.3 is 0 Å². The van der Waals surface area contributed by atoms with Crippen LogP contribution in [0, 0.1) is 13.8 Å². The quantitative estimate of drug-likeness (QED) is 0.846. The molecule has 3 N–H and O–H groups in total. The largest absolute Gasteiger partial charge is 0.496 e. The number of methoxy groups -OCH3 is 1. The Morgan fingerprint density at radius 2 is 1.83 bits per heavy atom. The highest BCUT2D eigenvalue weighted by molar-refractivity contribution is 5.44. The Balaban J connectivity index is 2.36. The van der Waals surface area contributed by atoms with E-state index in [-0.39, 0.29) is 6.04 Å². The van der Waals surface area contributed by atoms with Gasteiger partial charge in [-0.2, -0.15) is 0 Å². The maximum absolute atomic E-state index is 10.8. The topological polar surface area (TPSA) is 55.5 Å². The smallest absolute Gasteiger partial charge is 0.122 e. The summed E-state index contributed by atoms with van der Waals surface area (Å²) >= 11 is 0. The molecule has 0 amide bonds. The Bertz CT molecular complexity index is 434. The highest BCUT2D eigenvalue weighted by atomic mass is 16.5. The highest BCUT2D eigenvalue weighted by Crippen LogP contribution is 2.39. The van der Waals surface area contributed by atoms with Crippen molar-refractivity contribution < 1.29 is 9.84 Å². The summed E-state index contributed by atoms with van der Waals surface area (Å²) in [5.74, 6) is 0.882. The molecule has 3 heteroatoms. The van der Waals surface area contributed by atoms with Gasteiger partial charge in [0.2, 0.25) is 0 Å². The van der Waals surface area contributed by atoms with Crippen LogP contribution in [-0.2, 0) is 5.60 Å². The number of ether oxygens (including phenoxy) is 1. The Hall–Kier alpha value is -1.06. The molecule has 2 rings (SSSR count). The van der Waals surface area contributed by atoms with Crippen LogP contribution in [0.25, 0.3) is 0 Å². The number of aryl methyl sites for hydroxylation is 2. The molecule has 1 saturated carbocycles. The summed E-state index contributed by atoms with van der Waals surface area (Å²) in [4.78, 5) is 0. The van der Waals surface area contributed by atoms with E-state index >= 15 is 0 Å². The zero-order chi connectivity index (χ0) is 13.3. The maximum Gasteiger partial charge on any atom is 0.122 e. The van der Waals surface area contributed by atoms with E-state index in [9.17, 15) is 5.11 Å². The lowest BCUT2D eigenvalue weighted by Crippen LogP contribution is -2.37. The Morgan fingerprint density at radius 3 is 2.39 bits per heavy atom. The predicted octanol–water partition coefficient (Wildman–Crippen LogP) is 2.40. The first-order valence-electron chi connectivity index (χ1n) is 6.60. The van der Waals surface area contributed by atoms with E-state index in [1.54, 1.807) is 7.11 Å². The molecule has 1 aromatic carbocycles. The van der Waals surface area contributed by atoms with E-state index in [0.717, 1.165) is 48.1 Å². The summed E-state index contributed by atoms with van der Waals surface area (Å²) in [5, 5.41) is 10.8. The van der Waals surface area contributed by atoms with Crippen LogP contribution in [0.4, 0.5) is 0 Å². The van der Waals surface area contributed by atoms with Crippen molar-refractivity contribution in [1.29, 1.82) is 0 Å². The molecule has 0 aliphatic heterocycles. The summed E-state index contributed by atoms with van der Waals surface area (Å²) in [6.45, 7) is 4.05. The monoisotopic (exact) mass is 249 g/mol. The fraction of sp³-hybridized carbons (Fsp3) is 0.600. The summed E-state index contributed by atoms with van der Waals surface area (Å²) in [6.07, 6.45) is 3.28. The van der Waals surface area contributed by atoms with Gasteiger partial charge in [0.25, 0.3) is 0 Å². The van der Waals surface area contributed by atoms with Gasteiger partial charge in [-0.05, 0) is 68.4 Å². The zero-order valence-corrected chi connectivity index (χ0v) is 11.5. The van der Waals surface area contributed by atoms with Gasteiger partial charge in [0.15, 0.2) is 0 Å². The molecular formula is C15H23NO2. The van der Waals surface area contributed by atoms with Crippen molar-refractivity contribution in [3.8, 4) is 5.75 Å². The molecular weight excluding hydrogens is 226 g/mol. The average Bonchev–Trinajstić information content (AvgIpc) is 2.35. The predicted molar refractivity (Wildman–Crippen MR) is 72.8 cm³/mol. The Morgan fingerprint density at radius 1 is 1.22 bits per heavy atom. The van der Waals surface area contributed by atoms with Crippen molar-refractivity contribution in [3.05, 3.63) is 28.8 Å². The average molecular weight is 249 g/mol. The van der Waals surface area contributed by atoms with Gasteiger partial charge < -0.3 is 15.6 Å². The lowest BCUT2D eigenvalue weighted by atomic mass is 9.76. The molecule has 0 heterocycles. The van der Waals surface area contributed by atoms with Crippen molar-refractivity contribution in [3.63, 3.8) is 0 Å². The molecule has 1 aliphatic rings. The number of aliphatic hydroxyl groups is 1. The molecule has 0 radical (unpaired) electrons. The maximum atomic E-state index is 10.8. The van der Waals surface area contributed by atoms with Crippen LogP contribution >= 0.6 is 0 Å².